The number of amides is 1. The van der Waals surface area contributed by atoms with E-state index in [1.807, 2.05) is 6.07 Å². The largest absolute Gasteiger partial charge is 0.493 e. The Bertz CT molecular complexity index is 809. The zero-order chi connectivity index (χ0) is 19.9. The zero-order valence-corrected chi connectivity index (χ0v) is 16.7. The molecule has 1 N–H and O–H groups in total. The highest BCUT2D eigenvalue weighted by atomic mass is 16.5. The van der Waals surface area contributed by atoms with Gasteiger partial charge in [0.05, 0.1) is 27.9 Å². The molecule has 0 saturated carbocycles. The maximum Gasteiger partial charge on any atom is 0.251 e. The van der Waals surface area contributed by atoms with E-state index in [0.29, 0.717) is 36.0 Å². The van der Waals surface area contributed by atoms with Crippen molar-refractivity contribution < 1.29 is 23.7 Å². The third-order valence-electron chi connectivity index (χ3n) is 4.90. The molecule has 1 amide bonds. The average Bonchev–Trinajstić information content (AvgIpc) is 2.75. The average molecular weight is 385 g/mol. The summed E-state index contributed by atoms with van der Waals surface area (Å²) in [5.41, 5.74) is 3.24. The molecular formula is C22H27NO5. The molecule has 0 heterocycles. The van der Waals surface area contributed by atoms with Gasteiger partial charge in [-0.3, -0.25) is 4.79 Å². The molecule has 0 aromatic heterocycles. The van der Waals surface area contributed by atoms with Gasteiger partial charge in [-0.05, 0) is 61.1 Å². The minimum atomic E-state index is -0.228. The van der Waals surface area contributed by atoms with Crippen molar-refractivity contribution in [1.29, 1.82) is 0 Å². The van der Waals surface area contributed by atoms with Crippen LogP contribution in [0.15, 0.2) is 30.3 Å². The Morgan fingerprint density at radius 3 is 2.25 bits per heavy atom. The fourth-order valence-corrected chi connectivity index (χ4v) is 3.45. The van der Waals surface area contributed by atoms with Gasteiger partial charge in [-0.1, -0.05) is 6.07 Å². The first-order valence-electron chi connectivity index (χ1n) is 9.49. The lowest BCUT2D eigenvalue weighted by atomic mass is 9.92. The fraction of sp³-hybridized carbons (Fsp3) is 0.409. The Labute approximate surface area is 165 Å². The van der Waals surface area contributed by atoms with Crippen LogP contribution in [0.3, 0.4) is 0 Å². The molecule has 2 aromatic rings. The van der Waals surface area contributed by atoms with Crippen LogP contribution in [0.2, 0.25) is 0 Å². The number of fused-ring (bicyclic) bond motifs is 1. The molecule has 0 aliphatic heterocycles. The smallest absolute Gasteiger partial charge is 0.251 e. The van der Waals surface area contributed by atoms with Gasteiger partial charge in [0.15, 0.2) is 11.5 Å². The number of carbonyl (C=O) groups excluding carboxylic acids is 1. The molecule has 6 heteroatoms. The van der Waals surface area contributed by atoms with Gasteiger partial charge in [0.25, 0.3) is 5.91 Å². The fourth-order valence-electron chi connectivity index (χ4n) is 3.45. The normalized spacial score (nSPS) is 12.7. The maximum atomic E-state index is 12.5. The van der Waals surface area contributed by atoms with Gasteiger partial charge < -0.3 is 24.3 Å². The number of rotatable bonds is 8. The summed E-state index contributed by atoms with van der Waals surface area (Å²) in [7, 11) is 4.56. The molecule has 0 radical (unpaired) electrons. The van der Waals surface area contributed by atoms with Crippen LogP contribution in [0.4, 0.5) is 0 Å². The second kappa shape index (κ2) is 9.35. The van der Waals surface area contributed by atoms with Gasteiger partial charge in [0, 0.05) is 5.56 Å². The van der Waals surface area contributed by atoms with E-state index in [1.54, 1.807) is 12.1 Å². The molecule has 6 nitrogen and oxygen atoms in total. The lowest BCUT2D eigenvalue weighted by Crippen LogP contribution is -2.28. The Kier molecular flexibility index (Phi) is 6.63. The van der Waals surface area contributed by atoms with Gasteiger partial charge in [0.1, 0.15) is 12.4 Å². The van der Waals surface area contributed by atoms with E-state index >= 15 is 0 Å². The third-order valence-corrected chi connectivity index (χ3v) is 4.90. The van der Waals surface area contributed by atoms with E-state index in [2.05, 4.69) is 17.4 Å². The van der Waals surface area contributed by atoms with Crippen molar-refractivity contribution in [3.63, 3.8) is 0 Å². The molecule has 0 fully saturated rings. The Hall–Kier alpha value is -2.89. The first-order chi connectivity index (χ1) is 13.7. The summed E-state index contributed by atoms with van der Waals surface area (Å²) in [5, 5.41) is 2.86. The van der Waals surface area contributed by atoms with Crippen LogP contribution >= 0.6 is 0 Å². The van der Waals surface area contributed by atoms with Crippen molar-refractivity contribution in [2.45, 2.75) is 25.7 Å². The van der Waals surface area contributed by atoms with Crippen molar-refractivity contribution in [2.24, 2.45) is 0 Å². The summed E-state index contributed by atoms with van der Waals surface area (Å²) in [4.78, 5) is 12.5. The predicted molar refractivity (Wildman–Crippen MR) is 107 cm³/mol. The summed E-state index contributed by atoms with van der Waals surface area (Å²) in [6, 6.07) is 9.53. The molecule has 150 valence electrons. The van der Waals surface area contributed by atoms with Crippen LogP contribution in [0.1, 0.15) is 34.3 Å². The number of hydrogen-bond donors (Lipinski definition) is 1. The van der Waals surface area contributed by atoms with Crippen molar-refractivity contribution in [3.05, 3.63) is 47.0 Å². The van der Waals surface area contributed by atoms with E-state index in [4.69, 9.17) is 18.9 Å². The van der Waals surface area contributed by atoms with Gasteiger partial charge in [-0.25, -0.2) is 0 Å². The summed E-state index contributed by atoms with van der Waals surface area (Å²) in [5.74, 6) is 1.96. The number of nitrogens with one attached hydrogen (secondary N) is 1. The number of ether oxygens (including phenoxy) is 4. The molecule has 28 heavy (non-hydrogen) atoms. The second-order valence-electron chi connectivity index (χ2n) is 6.66. The molecule has 0 unspecified atom stereocenters. The first kappa shape index (κ1) is 19.9. The van der Waals surface area contributed by atoms with Gasteiger partial charge in [-0.2, -0.15) is 0 Å². The summed E-state index contributed by atoms with van der Waals surface area (Å²) < 4.78 is 21.7. The van der Waals surface area contributed by atoms with Crippen molar-refractivity contribution in [3.8, 4) is 23.0 Å². The van der Waals surface area contributed by atoms with Crippen LogP contribution in [-0.2, 0) is 12.8 Å². The highest BCUT2D eigenvalue weighted by Gasteiger charge is 2.17. The summed E-state index contributed by atoms with van der Waals surface area (Å²) in [6.45, 7) is 0.793. The molecule has 2 aromatic carbocycles. The minimum Gasteiger partial charge on any atom is -0.493 e. The highest BCUT2D eigenvalue weighted by molar-refractivity contribution is 5.95. The van der Waals surface area contributed by atoms with Crippen LogP contribution in [0, 0.1) is 0 Å². The maximum absolute atomic E-state index is 12.5. The molecule has 3 rings (SSSR count). The number of benzene rings is 2. The highest BCUT2D eigenvalue weighted by Crippen LogP contribution is 2.38. The standard InChI is InChI=1S/C22H27NO5/c1-25-19-13-17(14-20(26-2)21(19)27-3)22(24)23-10-11-28-18-9-8-15-6-4-5-7-16(15)12-18/h8-9,12-14H,4-7,10-11H2,1-3H3,(H,23,24). The third kappa shape index (κ3) is 4.50. The van der Waals surface area contributed by atoms with Crippen LogP contribution < -0.4 is 24.3 Å². The Balaban J connectivity index is 1.56. The number of hydrogen-bond acceptors (Lipinski definition) is 5. The number of carbonyl (C=O) groups is 1. The van der Waals surface area contributed by atoms with Crippen molar-refractivity contribution >= 4 is 5.91 Å². The van der Waals surface area contributed by atoms with E-state index in [0.717, 1.165) is 18.6 Å². The first-order valence-corrected chi connectivity index (χ1v) is 9.49. The van der Waals surface area contributed by atoms with E-state index in [1.165, 1.54) is 45.3 Å². The second-order valence-corrected chi connectivity index (χ2v) is 6.66. The van der Waals surface area contributed by atoms with E-state index < -0.39 is 0 Å². The topological polar surface area (TPSA) is 66.0 Å². The van der Waals surface area contributed by atoms with Crippen LogP contribution in [-0.4, -0.2) is 40.4 Å². The van der Waals surface area contributed by atoms with Crippen molar-refractivity contribution in [1.82, 2.24) is 5.32 Å². The van der Waals surface area contributed by atoms with E-state index in [-0.39, 0.29) is 5.91 Å². The lowest BCUT2D eigenvalue weighted by molar-refractivity contribution is 0.0946. The predicted octanol–water partition coefficient (Wildman–Crippen LogP) is 3.40. The molecule has 0 saturated heterocycles. The van der Waals surface area contributed by atoms with Gasteiger partial charge >= 0.3 is 0 Å². The minimum absolute atomic E-state index is 0.228. The zero-order valence-electron chi connectivity index (χ0n) is 16.7. The number of methoxy groups -OCH3 is 3. The summed E-state index contributed by atoms with van der Waals surface area (Å²) in [6.07, 6.45) is 4.77. The van der Waals surface area contributed by atoms with E-state index in [9.17, 15) is 4.79 Å². The van der Waals surface area contributed by atoms with Gasteiger partial charge in [-0.15, -0.1) is 0 Å². The quantitative estimate of drug-likeness (QED) is 0.706. The molecule has 1 aliphatic rings. The molecule has 0 atom stereocenters. The van der Waals surface area contributed by atoms with Crippen molar-refractivity contribution in [2.75, 3.05) is 34.5 Å². The molecule has 1 aliphatic carbocycles. The molecule has 0 bridgehead atoms. The molecular weight excluding hydrogens is 358 g/mol. The number of aryl methyl sites for hydroxylation is 2. The Morgan fingerprint density at radius 2 is 1.61 bits per heavy atom. The monoisotopic (exact) mass is 385 g/mol. The van der Waals surface area contributed by atoms with Crippen LogP contribution in [0.5, 0.6) is 23.0 Å². The SMILES string of the molecule is COc1cc(C(=O)NCCOc2ccc3c(c2)CCCC3)cc(OC)c1OC. The van der Waals surface area contributed by atoms with Crippen LogP contribution in [0.25, 0.3) is 0 Å². The lowest BCUT2D eigenvalue weighted by Gasteiger charge is -2.17. The van der Waals surface area contributed by atoms with Gasteiger partial charge in [0.2, 0.25) is 5.75 Å². The summed E-state index contributed by atoms with van der Waals surface area (Å²) >= 11 is 0. The molecule has 0 spiro atoms. The Morgan fingerprint density at radius 1 is 0.929 bits per heavy atom.